The monoisotopic (exact) mass is 387 g/mol. The van der Waals surface area contributed by atoms with Gasteiger partial charge < -0.3 is 15.2 Å². The molecule has 0 saturated carbocycles. The third kappa shape index (κ3) is 3.16. The molecule has 4 aromatic rings. The summed E-state index contributed by atoms with van der Waals surface area (Å²) in [5, 5.41) is 26.7. The van der Waals surface area contributed by atoms with Gasteiger partial charge in [0.2, 0.25) is 10.1 Å². The molecule has 2 aromatic heterocycles. The Bertz CT molecular complexity index is 1080. The van der Waals surface area contributed by atoms with E-state index in [-0.39, 0.29) is 5.75 Å². The number of phenolic OH excluding ortho intramolecular Hbond substituents is 1. The molecule has 2 N–H and O–H groups in total. The van der Waals surface area contributed by atoms with Gasteiger partial charge in [-0.25, -0.2) is 0 Å². The van der Waals surface area contributed by atoms with Crippen LogP contribution in [0.15, 0.2) is 42.5 Å². The second-order valence-corrected chi connectivity index (χ2v) is 6.87. The first-order chi connectivity index (χ1) is 12.6. The van der Waals surface area contributed by atoms with E-state index in [1.54, 1.807) is 29.8 Å². The van der Waals surface area contributed by atoms with Gasteiger partial charge in [0.05, 0.1) is 17.8 Å². The van der Waals surface area contributed by atoms with Crippen LogP contribution in [0.4, 0.5) is 10.8 Å². The molecule has 0 aliphatic heterocycles. The number of hydrogen-bond donors (Lipinski definition) is 2. The van der Waals surface area contributed by atoms with Gasteiger partial charge in [-0.2, -0.15) is 4.52 Å². The quantitative estimate of drug-likeness (QED) is 0.540. The summed E-state index contributed by atoms with van der Waals surface area (Å²) in [7, 11) is 1.62. The van der Waals surface area contributed by atoms with Gasteiger partial charge in [0.15, 0.2) is 5.82 Å². The number of para-hydroxylation sites is 2. The third-order valence-corrected chi connectivity index (χ3v) is 4.90. The predicted octanol–water partition coefficient (Wildman–Crippen LogP) is 3.89. The Labute approximate surface area is 157 Å². The predicted molar refractivity (Wildman–Crippen MR) is 101 cm³/mol. The maximum atomic E-state index is 9.53. The molecule has 0 fully saturated rings. The van der Waals surface area contributed by atoms with E-state index in [1.807, 2.05) is 24.3 Å². The minimum atomic E-state index is 0.0544. The van der Waals surface area contributed by atoms with Crippen LogP contribution >= 0.6 is 22.9 Å². The van der Waals surface area contributed by atoms with E-state index >= 15 is 0 Å². The molecule has 4 rings (SSSR count). The van der Waals surface area contributed by atoms with E-state index in [1.165, 1.54) is 11.3 Å². The lowest BCUT2D eigenvalue weighted by atomic mass is 10.1. The van der Waals surface area contributed by atoms with Gasteiger partial charge >= 0.3 is 0 Å². The number of phenols is 1. The zero-order chi connectivity index (χ0) is 18.1. The molecule has 0 spiro atoms. The van der Waals surface area contributed by atoms with Crippen molar-refractivity contribution in [1.82, 2.24) is 19.8 Å². The Morgan fingerprint density at radius 3 is 2.88 bits per heavy atom. The van der Waals surface area contributed by atoms with Crippen molar-refractivity contribution in [2.24, 2.45) is 0 Å². The maximum Gasteiger partial charge on any atom is 0.236 e. The van der Waals surface area contributed by atoms with Gasteiger partial charge in [-0.3, -0.25) is 0 Å². The number of ether oxygens (including phenoxy) is 1. The lowest BCUT2D eigenvalue weighted by Gasteiger charge is -2.07. The van der Waals surface area contributed by atoms with Crippen LogP contribution in [0, 0.1) is 0 Å². The number of fused-ring (bicyclic) bond motifs is 1. The van der Waals surface area contributed by atoms with Crippen molar-refractivity contribution >= 4 is 38.7 Å². The van der Waals surface area contributed by atoms with Crippen molar-refractivity contribution in [2.45, 2.75) is 6.42 Å². The molecule has 9 heteroatoms. The van der Waals surface area contributed by atoms with Crippen molar-refractivity contribution in [3.63, 3.8) is 0 Å². The highest BCUT2D eigenvalue weighted by Crippen LogP contribution is 2.30. The van der Waals surface area contributed by atoms with E-state index < -0.39 is 0 Å². The topological polar surface area (TPSA) is 84.6 Å². The molecule has 0 saturated heterocycles. The summed E-state index contributed by atoms with van der Waals surface area (Å²) in [4.78, 5) is 0.683. The molecule has 0 amide bonds. The zero-order valence-electron chi connectivity index (χ0n) is 13.7. The number of methoxy groups -OCH3 is 1. The largest absolute Gasteiger partial charge is 0.506 e. The number of aromatic hydroxyl groups is 1. The fraction of sp³-hybridized carbons (Fsp3) is 0.118. The van der Waals surface area contributed by atoms with Crippen LogP contribution in [0.2, 0.25) is 5.02 Å². The molecule has 132 valence electrons. The number of aromatic nitrogens is 4. The lowest BCUT2D eigenvalue weighted by Crippen LogP contribution is -1.99. The SMILES string of the molecule is COc1ccccc1Nc1nn2c(Cc3ccc(O)c(Cl)c3)nnc2s1. The van der Waals surface area contributed by atoms with Crippen LogP contribution in [0.1, 0.15) is 11.4 Å². The summed E-state index contributed by atoms with van der Waals surface area (Å²) in [6.07, 6.45) is 0.499. The third-order valence-electron chi connectivity index (χ3n) is 3.78. The van der Waals surface area contributed by atoms with Crippen LogP contribution in [0.5, 0.6) is 11.5 Å². The number of rotatable bonds is 5. The number of hydrogen-bond acceptors (Lipinski definition) is 7. The second-order valence-electron chi connectivity index (χ2n) is 5.51. The molecule has 0 bridgehead atoms. The first-order valence-corrected chi connectivity index (χ1v) is 8.92. The molecule has 2 aromatic carbocycles. The van der Waals surface area contributed by atoms with E-state index in [0.717, 1.165) is 17.0 Å². The standard InChI is InChI=1S/C17H14ClN5O2S/c1-25-14-5-3-2-4-12(14)19-16-22-23-15(20-21-17(23)26-16)9-10-6-7-13(24)11(18)8-10/h2-8,24H,9H2,1H3,(H,19,22). The van der Waals surface area contributed by atoms with Crippen LogP contribution in [-0.2, 0) is 6.42 Å². The molecule has 0 aliphatic carbocycles. The first kappa shape index (κ1) is 16.6. The summed E-state index contributed by atoms with van der Waals surface area (Å²) >= 11 is 7.36. The number of halogens is 1. The van der Waals surface area contributed by atoms with Gasteiger partial charge in [-0.1, -0.05) is 41.1 Å². The molecule has 0 aliphatic rings. The second kappa shape index (κ2) is 6.81. The van der Waals surface area contributed by atoms with E-state index in [4.69, 9.17) is 16.3 Å². The highest BCUT2D eigenvalue weighted by molar-refractivity contribution is 7.20. The fourth-order valence-electron chi connectivity index (χ4n) is 2.52. The summed E-state index contributed by atoms with van der Waals surface area (Å²) in [6, 6.07) is 12.7. The summed E-state index contributed by atoms with van der Waals surface area (Å²) < 4.78 is 7.04. The van der Waals surface area contributed by atoms with Crippen LogP contribution in [0.3, 0.4) is 0 Å². The Hall–Kier alpha value is -2.84. The number of nitrogens with one attached hydrogen (secondary N) is 1. The van der Waals surface area contributed by atoms with Crippen molar-refractivity contribution in [3.8, 4) is 11.5 Å². The molecule has 0 radical (unpaired) electrons. The smallest absolute Gasteiger partial charge is 0.236 e. The first-order valence-electron chi connectivity index (χ1n) is 7.72. The van der Waals surface area contributed by atoms with E-state index in [2.05, 4.69) is 20.6 Å². The zero-order valence-corrected chi connectivity index (χ0v) is 15.3. The highest BCUT2D eigenvalue weighted by Gasteiger charge is 2.14. The van der Waals surface area contributed by atoms with Crippen molar-refractivity contribution in [1.29, 1.82) is 0 Å². The molecule has 7 nitrogen and oxygen atoms in total. The minimum absolute atomic E-state index is 0.0544. The van der Waals surface area contributed by atoms with Crippen LogP contribution in [0.25, 0.3) is 4.96 Å². The van der Waals surface area contributed by atoms with Gasteiger partial charge in [0, 0.05) is 6.42 Å². The Kier molecular flexibility index (Phi) is 4.36. The Balaban J connectivity index is 1.61. The Morgan fingerprint density at radius 2 is 2.08 bits per heavy atom. The maximum absolute atomic E-state index is 9.53. The molecule has 2 heterocycles. The highest BCUT2D eigenvalue weighted by atomic mass is 35.5. The van der Waals surface area contributed by atoms with Crippen molar-refractivity contribution < 1.29 is 9.84 Å². The fourth-order valence-corrected chi connectivity index (χ4v) is 3.50. The lowest BCUT2D eigenvalue weighted by molar-refractivity contribution is 0.417. The number of anilines is 2. The van der Waals surface area contributed by atoms with Crippen molar-refractivity contribution in [3.05, 3.63) is 58.9 Å². The molecule has 26 heavy (non-hydrogen) atoms. The van der Waals surface area contributed by atoms with Crippen LogP contribution in [-0.4, -0.2) is 32.0 Å². The average Bonchev–Trinajstić information content (AvgIpc) is 3.20. The van der Waals surface area contributed by atoms with Gasteiger partial charge in [-0.15, -0.1) is 15.3 Å². The molecular formula is C17H14ClN5O2S. The van der Waals surface area contributed by atoms with Crippen molar-refractivity contribution in [2.75, 3.05) is 12.4 Å². The molecule has 0 unspecified atom stereocenters. The summed E-state index contributed by atoms with van der Waals surface area (Å²) in [6.45, 7) is 0. The summed E-state index contributed by atoms with van der Waals surface area (Å²) in [5.74, 6) is 1.47. The number of benzene rings is 2. The average molecular weight is 388 g/mol. The van der Waals surface area contributed by atoms with Gasteiger partial charge in [0.25, 0.3) is 0 Å². The van der Waals surface area contributed by atoms with Gasteiger partial charge in [0.1, 0.15) is 11.5 Å². The normalized spacial score (nSPS) is 11.0. The number of nitrogens with zero attached hydrogens (tertiary/aromatic N) is 4. The van der Waals surface area contributed by atoms with E-state index in [9.17, 15) is 5.11 Å². The molecule has 0 atom stereocenters. The van der Waals surface area contributed by atoms with Gasteiger partial charge in [-0.05, 0) is 29.8 Å². The Morgan fingerprint density at radius 1 is 1.23 bits per heavy atom. The van der Waals surface area contributed by atoms with E-state index in [0.29, 0.717) is 27.4 Å². The summed E-state index contributed by atoms with van der Waals surface area (Å²) in [5.41, 5.74) is 1.74. The van der Waals surface area contributed by atoms with Crippen LogP contribution < -0.4 is 10.1 Å². The minimum Gasteiger partial charge on any atom is -0.506 e. The molecular weight excluding hydrogens is 374 g/mol.